The third-order valence-corrected chi connectivity index (χ3v) is 6.86. The summed E-state index contributed by atoms with van der Waals surface area (Å²) in [5.41, 5.74) is 5.38. The second-order valence-electron chi connectivity index (χ2n) is 9.95. The summed E-state index contributed by atoms with van der Waals surface area (Å²) in [5.74, 6) is -0.140. The third-order valence-electron chi connectivity index (χ3n) is 6.10. The summed E-state index contributed by atoms with van der Waals surface area (Å²) in [6, 6.07) is 14.2. The molecule has 6 heteroatoms. The van der Waals surface area contributed by atoms with E-state index in [0.717, 1.165) is 28.1 Å². The van der Waals surface area contributed by atoms with Gasteiger partial charge in [0.25, 0.3) is 0 Å². The number of carbonyl (C=O) groups excluding carboxylic acids is 2. The van der Waals surface area contributed by atoms with Gasteiger partial charge in [-0.15, -0.1) is 11.3 Å². The van der Waals surface area contributed by atoms with Crippen molar-refractivity contribution in [3.8, 4) is 11.3 Å². The predicted octanol–water partition coefficient (Wildman–Crippen LogP) is 6.01. The Kier molecular flexibility index (Phi) is 5.74. The van der Waals surface area contributed by atoms with Gasteiger partial charge in [-0.3, -0.25) is 14.9 Å². The number of nitrogens with one attached hydrogen (secondary N) is 1. The first-order chi connectivity index (χ1) is 15.5. The van der Waals surface area contributed by atoms with E-state index >= 15 is 0 Å². The van der Waals surface area contributed by atoms with Gasteiger partial charge < -0.3 is 4.90 Å². The van der Waals surface area contributed by atoms with E-state index in [4.69, 9.17) is 0 Å². The molecule has 1 aliphatic heterocycles. The molecule has 0 spiro atoms. The second-order valence-corrected chi connectivity index (χ2v) is 10.8. The summed E-state index contributed by atoms with van der Waals surface area (Å²) >= 11 is 1.38. The molecule has 2 amide bonds. The number of aromatic nitrogens is 1. The molecule has 0 saturated heterocycles. The van der Waals surface area contributed by atoms with Crippen molar-refractivity contribution in [2.24, 2.45) is 0 Å². The fourth-order valence-electron chi connectivity index (χ4n) is 4.01. The largest absolute Gasteiger partial charge is 0.314 e. The monoisotopic (exact) mass is 459 g/mol. The lowest BCUT2D eigenvalue weighted by Gasteiger charge is -2.18. The van der Waals surface area contributed by atoms with E-state index in [0.29, 0.717) is 5.13 Å². The number of benzene rings is 2. The fourth-order valence-corrected chi connectivity index (χ4v) is 4.73. The van der Waals surface area contributed by atoms with Crippen LogP contribution in [-0.2, 0) is 20.4 Å². The first kappa shape index (κ1) is 22.9. The van der Waals surface area contributed by atoms with Crippen LogP contribution in [0, 0.1) is 0 Å². The maximum Gasteiger partial charge on any atom is 0.250 e. The summed E-state index contributed by atoms with van der Waals surface area (Å²) in [6.07, 6.45) is 3.32. The van der Waals surface area contributed by atoms with E-state index < -0.39 is 5.41 Å². The van der Waals surface area contributed by atoms with Crippen molar-refractivity contribution in [2.75, 3.05) is 17.3 Å². The van der Waals surface area contributed by atoms with Gasteiger partial charge in [0.1, 0.15) is 0 Å². The molecule has 3 aromatic rings. The Hall–Kier alpha value is -3.25. The highest BCUT2D eigenvalue weighted by Gasteiger charge is 2.42. The van der Waals surface area contributed by atoms with Crippen molar-refractivity contribution in [1.82, 2.24) is 4.98 Å². The van der Waals surface area contributed by atoms with Crippen LogP contribution in [0.3, 0.4) is 0 Å². The van der Waals surface area contributed by atoms with Crippen LogP contribution >= 0.6 is 11.3 Å². The van der Waals surface area contributed by atoms with Gasteiger partial charge in [0, 0.05) is 29.8 Å². The summed E-state index contributed by atoms with van der Waals surface area (Å²) in [5, 5.41) is 5.29. The zero-order valence-corrected chi connectivity index (χ0v) is 20.7. The van der Waals surface area contributed by atoms with E-state index in [2.05, 4.69) is 43.2 Å². The standard InChI is InChI=1S/C27H29N3O2S/c1-26(2,3)19-11-7-17(8-12-19)9-14-23(31)29-25-28-21(16-33-25)18-10-13-22-20(15-18)27(4,5)24(32)30(22)6/h7-16H,1-6H3,(H,28,29,31)/b14-9+. The molecule has 1 N–H and O–H groups in total. The topological polar surface area (TPSA) is 62.3 Å². The fraction of sp³-hybridized carbons (Fsp3) is 0.296. The first-order valence-corrected chi connectivity index (χ1v) is 11.8. The van der Waals surface area contributed by atoms with Crippen LogP contribution in [-0.4, -0.2) is 23.8 Å². The number of rotatable bonds is 4. The Balaban J connectivity index is 1.45. The first-order valence-electron chi connectivity index (χ1n) is 10.9. The smallest absolute Gasteiger partial charge is 0.250 e. The minimum absolute atomic E-state index is 0.0840. The predicted molar refractivity (Wildman–Crippen MR) is 137 cm³/mol. The quantitative estimate of drug-likeness (QED) is 0.486. The Morgan fingerprint density at radius 3 is 2.48 bits per heavy atom. The normalized spacial score (nSPS) is 15.2. The average Bonchev–Trinajstić information content (AvgIpc) is 3.29. The Morgan fingerprint density at radius 1 is 1.12 bits per heavy atom. The highest BCUT2D eigenvalue weighted by molar-refractivity contribution is 7.14. The van der Waals surface area contributed by atoms with E-state index in [1.165, 1.54) is 23.0 Å². The van der Waals surface area contributed by atoms with Gasteiger partial charge in [0.05, 0.1) is 11.1 Å². The highest BCUT2D eigenvalue weighted by Crippen LogP contribution is 2.42. The number of nitrogens with zero attached hydrogens (tertiary/aromatic N) is 2. The van der Waals surface area contributed by atoms with Gasteiger partial charge in [-0.25, -0.2) is 4.98 Å². The van der Waals surface area contributed by atoms with Gasteiger partial charge in [0.15, 0.2) is 5.13 Å². The second kappa shape index (κ2) is 8.27. The van der Waals surface area contributed by atoms with Crippen LogP contribution in [0.25, 0.3) is 17.3 Å². The van der Waals surface area contributed by atoms with Crippen LogP contribution in [0.15, 0.2) is 53.9 Å². The molecule has 1 aliphatic rings. The number of likely N-dealkylation sites (N-methyl/N-ethyl adjacent to an activating group) is 1. The molecule has 170 valence electrons. The van der Waals surface area contributed by atoms with Gasteiger partial charge in [0.2, 0.25) is 11.8 Å². The molecule has 4 rings (SSSR count). The lowest BCUT2D eigenvalue weighted by molar-refractivity contribution is -0.121. The molecule has 0 bridgehead atoms. The molecular formula is C27H29N3O2S. The van der Waals surface area contributed by atoms with Crippen molar-refractivity contribution in [3.63, 3.8) is 0 Å². The molecule has 0 saturated carbocycles. The molecule has 0 unspecified atom stereocenters. The number of amides is 2. The molecule has 0 aliphatic carbocycles. The molecule has 2 heterocycles. The molecule has 5 nitrogen and oxygen atoms in total. The lowest BCUT2D eigenvalue weighted by atomic mass is 9.85. The van der Waals surface area contributed by atoms with E-state index in [1.54, 1.807) is 18.0 Å². The van der Waals surface area contributed by atoms with Crippen molar-refractivity contribution in [3.05, 3.63) is 70.6 Å². The third kappa shape index (κ3) is 4.48. The zero-order valence-electron chi connectivity index (χ0n) is 19.9. The molecule has 33 heavy (non-hydrogen) atoms. The number of hydrogen-bond donors (Lipinski definition) is 1. The molecule has 0 radical (unpaired) electrons. The molecule has 1 aromatic heterocycles. The Bertz CT molecular complexity index is 1250. The number of thiazole rings is 1. The maximum absolute atomic E-state index is 12.5. The van der Waals surface area contributed by atoms with Crippen molar-refractivity contribution in [1.29, 1.82) is 0 Å². The van der Waals surface area contributed by atoms with Gasteiger partial charge in [-0.1, -0.05) is 51.1 Å². The zero-order chi connectivity index (χ0) is 24.0. The minimum atomic E-state index is -0.566. The minimum Gasteiger partial charge on any atom is -0.314 e. The SMILES string of the molecule is CN1C(=O)C(C)(C)c2cc(-c3csc(NC(=O)/C=C/c4ccc(C(C)(C)C)cc4)n3)ccc21. The number of anilines is 2. The summed E-state index contributed by atoms with van der Waals surface area (Å²) < 4.78 is 0. The number of carbonyl (C=O) groups is 2. The number of hydrogen-bond acceptors (Lipinski definition) is 4. The van der Waals surface area contributed by atoms with Gasteiger partial charge >= 0.3 is 0 Å². The summed E-state index contributed by atoms with van der Waals surface area (Å²) in [6.45, 7) is 10.4. The van der Waals surface area contributed by atoms with Gasteiger partial charge in [-0.2, -0.15) is 0 Å². The van der Waals surface area contributed by atoms with Crippen LogP contribution in [0.4, 0.5) is 10.8 Å². The van der Waals surface area contributed by atoms with Crippen LogP contribution < -0.4 is 10.2 Å². The van der Waals surface area contributed by atoms with Gasteiger partial charge in [-0.05, 0) is 54.2 Å². The van der Waals surface area contributed by atoms with Crippen LogP contribution in [0.2, 0.25) is 0 Å². The van der Waals surface area contributed by atoms with Crippen molar-refractivity contribution in [2.45, 2.75) is 45.4 Å². The van der Waals surface area contributed by atoms with E-state index in [-0.39, 0.29) is 17.2 Å². The molecule has 0 fully saturated rings. The number of fused-ring (bicyclic) bond motifs is 1. The van der Waals surface area contributed by atoms with E-state index in [1.807, 2.05) is 49.6 Å². The molecule has 0 atom stereocenters. The maximum atomic E-state index is 12.5. The lowest BCUT2D eigenvalue weighted by Crippen LogP contribution is -2.33. The average molecular weight is 460 g/mol. The van der Waals surface area contributed by atoms with Crippen molar-refractivity contribution >= 4 is 40.0 Å². The Morgan fingerprint density at radius 2 is 1.82 bits per heavy atom. The summed E-state index contributed by atoms with van der Waals surface area (Å²) in [7, 11) is 1.80. The van der Waals surface area contributed by atoms with Crippen LogP contribution in [0.5, 0.6) is 0 Å². The molecule has 2 aromatic carbocycles. The molecular weight excluding hydrogens is 430 g/mol. The van der Waals surface area contributed by atoms with E-state index in [9.17, 15) is 9.59 Å². The highest BCUT2D eigenvalue weighted by atomic mass is 32.1. The van der Waals surface area contributed by atoms with Crippen LogP contribution in [0.1, 0.15) is 51.3 Å². The van der Waals surface area contributed by atoms with Crippen molar-refractivity contribution < 1.29 is 9.59 Å². The Labute approximate surface area is 199 Å². The summed E-state index contributed by atoms with van der Waals surface area (Å²) in [4.78, 5) is 31.2.